The van der Waals surface area contributed by atoms with Crippen molar-refractivity contribution in [2.24, 2.45) is 0 Å². The van der Waals surface area contributed by atoms with Gasteiger partial charge in [-0.3, -0.25) is 0 Å². The van der Waals surface area contributed by atoms with E-state index in [4.69, 9.17) is 9.47 Å². The minimum absolute atomic E-state index is 0.156. The van der Waals surface area contributed by atoms with Gasteiger partial charge in [0.15, 0.2) is 11.5 Å². The Bertz CT molecular complexity index is 576. The van der Waals surface area contributed by atoms with E-state index >= 15 is 0 Å². The highest BCUT2D eigenvalue weighted by Gasteiger charge is 2.33. The number of hydrogen-bond acceptors (Lipinski definition) is 4. The number of ether oxygens (including phenoxy) is 2. The molecule has 2 heterocycles. The highest BCUT2D eigenvalue weighted by atomic mass is 32.1. The van der Waals surface area contributed by atoms with E-state index in [1.807, 2.05) is 17.6 Å². The molecule has 0 fully saturated rings. The predicted octanol–water partition coefficient (Wildman–Crippen LogP) is 3.53. The van der Waals surface area contributed by atoms with Gasteiger partial charge in [-0.15, -0.1) is 11.3 Å². The molecular weight excluding hydrogens is 246 g/mol. The van der Waals surface area contributed by atoms with Crippen molar-refractivity contribution in [1.82, 2.24) is 4.98 Å². The lowest BCUT2D eigenvalue weighted by Crippen LogP contribution is -2.24. The van der Waals surface area contributed by atoms with Gasteiger partial charge in [-0.2, -0.15) is 0 Å². The van der Waals surface area contributed by atoms with Gasteiger partial charge in [0.1, 0.15) is 10.6 Å². The molecule has 0 spiro atoms. The summed E-state index contributed by atoms with van der Waals surface area (Å²) in [6.07, 6.45) is 2.72. The molecule has 2 aromatic rings. The molecule has 1 aromatic carbocycles. The van der Waals surface area contributed by atoms with Gasteiger partial charge in [-0.25, -0.2) is 4.98 Å². The van der Waals surface area contributed by atoms with E-state index in [-0.39, 0.29) is 5.60 Å². The quantitative estimate of drug-likeness (QED) is 0.828. The van der Waals surface area contributed by atoms with Crippen LogP contribution in [0.25, 0.3) is 10.6 Å². The van der Waals surface area contributed by atoms with Gasteiger partial charge >= 0.3 is 0 Å². The molecular formula is C14H15NO2S. The molecule has 1 aromatic heterocycles. The maximum atomic E-state index is 5.95. The topological polar surface area (TPSA) is 31.4 Å². The number of benzene rings is 1. The summed E-state index contributed by atoms with van der Waals surface area (Å²) in [7, 11) is 1.68. The second kappa shape index (κ2) is 3.99. The lowest BCUT2D eigenvalue weighted by Gasteiger charge is -2.17. The molecule has 0 N–H and O–H groups in total. The fourth-order valence-electron chi connectivity index (χ4n) is 2.32. The van der Waals surface area contributed by atoms with Crippen LogP contribution >= 0.6 is 11.3 Å². The van der Waals surface area contributed by atoms with Crippen LogP contribution in [0.1, 0.15) is 19.4 Å². The number of nitrogens with zero attached hydrogens (tertiary/aromatic N) is 1. The lowest BCUT2D eigenvalue weighted by atomic mass is 10.00. The molecule has 18 heavy (non-hydrogen) atoms. The number of fused-ring (bicyclic) bond motifs is 1. The van der Waals surface area contributed by atoms with E-state index in [2.05, 4.69) is 24.9 Å². The Morgan fingerprint density at radius 2 is 2.22 bits per heavy atom. The van der Waals surface area contributed by atoms with Crippen LogP contribution in [0.4, 0.5) is 0 Å². The van der Waals surface area contributed by atoms with Crippen molar-refractivity contribution < 1.29 is 9.47 Å². The van der Waals surface area contributed by atoms with Crippen molar-refractivity contribution in [1.29, 1.82) is 0 Å². The van der Waals surface area contributed by atoms with Crippen molar-refractivity contribution in [3.63, 3.8) is 0 Å². The highest BCUT2D eigenvalue weighted by molar-refractivity contribution is 7.13. The van der Waals surface area contributed by atoms with E-state index < -0.39 is 0 Å². The number of rotatable bonds is 2. The molecule has 0 saturated heterocycles. The first-order chi connectivity index (χ1) is 8.59. The second-order valence-electron chi connectivity index (χ2n) is 5.04. The van der Waals surface area contributed by atoms with Gasteiger partial charge in [0.05, 0.1) is 7.11 Å². The second-order valence-corrected chi connectivity index (χ2v) is 5.94. The first kappa shape index (κ1) is 11.5. The molecule has 0 aliphatic carbocycles. The van der Waals surface area contributed by atoms with Crippen LogP contribution in [0.3, 0.4) is 0 Å². The third-order valence-corrected chi connectivity index (χ3v) is 3.85. The Morgan fingerprint density at radius 3 is 2.89 bits per heavy atom. The molecule has 0 amide bonds. The van der Waals surface area contributed by atoms with E-state index in [0.29, 0.717) is 0 Å². The fourth-order valence-corrected chi connectivity index (χ4v) is 2.95. The Kier molecular flexibility index (Phi) is 2.55. The number of thiazole rings is 1. The zero-order valence-electron chi connectivity index (χ0n) is 10.7. The summed E-state index contributed by atoms with van der Waals surface area (Å²) in [4.78, 5) is 4.35. The number of methoxy groups -OCH3 is 1. The van der Waals surface area contributed by atoms with E-state index in [9.17, 15) is 0 Å². The van der Waals surface area contributed by atoms with Gasteiger partial charge in [-0.05, 0) is 26.0 Å². The van der Waals surface area contributed by atoms with Gasteiger partial charge in [0.2, 0.25) is 0 Å². The van der Waals surface area contributed by atoms with Gasteiger partial charge in [-0.1, -0.05) is 0 Å². The van der Waals surface area contributed by atoms with Crippen molar-refractivity contribution in [3.8, 4) is 22.1 Å². The molecule has 1 aliphatic rings. The van der Waals surface area contributed by atoms with Crippen molar-refractivity contribution in [2.75, 3.05) is 7.11 Å². The third-order valence-electron chi connectivity index (χ3n) is 3.03. The Labute approximate surface area is 110 Å². The molecule has 3 rings (SSSR count). The molecule has 1 aliphatic heterocycles. The smallest absolute Gasteiger partial charge is 0.165 e. The minimum atomic E-state index is -0.156. The average molecular weight is 261 g/mol. The zero-order valence-corrected chi connectivity index (χ0v) is 11.5. The normalized spacial score (nSPS) is 16.2. The lowest BCUT2D eigenvalue weighted by molar-refractivity contribution is 0.134. The van der Waals surface area contributed by atoms with Crippen LogP contribution in [-0.4, -0.2) is 17.7 Å². The Morgan fingerprint density at radius 1 is 1.39 bits per heavy atom. The SMILES string of the molecule is COc1cc(-c2nccs2)cc2c1OC(C)(C)C2. The predicted molar refractivity (Wildman–Crippen MR) is 72.5 cm³/mol. The molecule has 0 saturated carbocycles. The summed E-state index contributed by atoms with van der Waals surface area (Å²) in [5.41, 5.74) is 2.14. The molecule has 4 heteroatoms. The van der Waals surface area contributed by atoms with Crippen LogP contribution in [0.5, 0.6) is 11.5 Å². The Balaban J connectivity index is 2.12. The highest BCUT2D eigenvalue weighted by Crippen LogP contribution is 2.44. The number of hydrogen-bond donors (Lipinski definition) is 0. The molecule has 0 radical (unpaired) electrons. The summed E-state index contributed by atoms with van der Waals surface area (Å²) in [5, 5.41) is 3.00. The fraction of sp³-hybridized carbons (Fsp3) is 0.357. The van der Waals surface area contributed by atoms with E-state index in [1.54, 1.807) is 18.4 Å². The number of aromatic nitrogens is 1. The van der Waals surface area contributed by atoms with E-state index in [1.165, 1.54) is 5.56 Å². The monoisotopic (exact) mass is 261 g/mol. The molecule has 0 atom stereocenters. The van der Waals surface area contributed by atoms with E-state index in [0.717, 1.165) is 28.5 Å². The first-order valence-corrected chi connectivity index (χ1v) is 6.77. The van der Waals surface area contributed by atoms with Gasteiger partial charge in [0, 0.05) is 29.1 Å². The standard InChI is InChI=1S/C14H15NO2S/c1-14(2)8-10-6-9(13-15-4-5-18-13)7-11(16-3)12(10)17-14/h4-7H,8H2,1-3H3. The van der Waals surface area contributed by atoms with Gasteiger partial charge < -0.3 is 9.47 Å². The summed E-state index contributed by atoms with van der Waals surface area (Å²) in [5.74, 6) is 1.67. The minimum Gasteiger partial charge on any atom is -0.493 e. The van der Waals surface area contributed by atoms with Gasteiger partial charge in [0.25, 0.3) is 0 Å². The largest absolute Gasteiger partial charge is 0.493 e. The first-order valence-electron chi connectivity index (χ1n) is 5.89. The summed E-state index contributed by atoms with van der Waals surface area (Å²) < 4.78 is 11.4. The molecule has 94 valence electrons. The Hall–Kier alpha value is -1.55. The molecule has 0 unspecified atom stereocenters. The summed E-state index contributed by atoms with van der Waals surface area (Å²) >= 11 is 1.63. The van der Waals surface area contributed by atoms with Crippen LogP contribution in [0.15, 0.2) is 23.7 Å². The molecule has 3 nitrogen and oxygen atoms in total. The summed E-state index contributed by atoms with van der Waals surface area (Å²) in [6.45, 7) is 4.19. The van der Waals surface area contributed by atoms with Crippen molar-refractivity contribution in [3.05, 3.63) is 29.3 Å². The summed E-state index contributed by atoms with van der Waals surface area (Å²) in [6, 6.07) is 4.16. The average Bonchev–Trinajstić information content (AvgIpc) is 2.92. The third kappa shape index (κ3) is 1.86. The maximum Gasteiger partial charge on any atom is 0.165 e. The van der Waals surface area contributed by atoms with Crippen molar-refractivity contribution in [2.45, 2.75) is 25.9 Å². The zero-order chi connectivity index (χ0) is 12.8. The maximum absolute atomic E-state index is 5.95. The van der Waals surface area contributed by atoms with Crippen LogP contribution < -0.4 is 9.47 Å². The molecule has 0 bridgehead atoms. The van der Waals surface area contributed by atoms with Crippen LogP contribution in [0, 0.1) is 0 Å². The van der Waals surface area contributed by atoms with Crippen LogP contribution in [0.2, 0.25) is 0 Å². The van der Waals surface area contributed by atoms with Crippen LogP contribution in [-0.2, 0) is 6.42 Å². The van der Waals surface area contributed by atoms with Crippen molar-refractivity contribution >= 4 is 11.3 Å².